The first-order valence-electron chi connectivity index (χ1n) is 33.9. The van der Waals surface area contributed by atoms with E-state index in [0.29, 0.717) is 19.4 Å². The number of aliphatic hydroxyl groups excluding tert-OH is 2. The summed E-state index contributed by atoms with van der Waals surface area (Å²) in [5, 5.41) is 23.2. The minimum absolute atomic E-state index is 0.00297. The molecule has 2 atom stereocenters. The lowest BCUT2D eigenvalue weighted by Crippen LogP contribution is -2.45. The molecule has 0 aliphatic heterocycles. The second kappa shape index (κ2) is 65.3. The Morgan fingerprint density at radius 2 is 0.658 bits per heavy atom. The van der Waals surface area contributed by atoms with Crippen molar-refractivity contribution >= 4 is 11.9 Å². The van der Waals surface area contributed by atoms with Crippen molar-refractivity contribution in [1.29, 1.82) is 0 Å². The van der Waals surface area contributed by atoms with Crippen LogP contribution in [-0.2, 0) is 14.3 Å². The van der Waals surface area contributed by atoms with Gasteiger partial charge in [-0.3, -0.25) is 9.59 Å². The van der Waals surface area contributed by atoms with Crippen LogP contribution in [0.25, 0.3) is 0 Å². The van der Waals surface area contributed by atoms with Gasteiger partial charge in [0.25, 0.3) is 0 Å². The second-order valence-electron chi connectivity index (χ2n) is 23.1. The van der Waals surface area contributed by atoms with Gasteiger partial charge >= 0.3 is 5.97 Å². The molecular weight excluding hydrogens is 935 g/mol. The first kappa shape index (κ1) is 73.8. The van der Waals surface area contributed by atoms with Gasteiger partial charge in [0.2, 0.25) is 5.91 Å². The van der Waals surface area contributed by atoms with E-state index < -0.39 is 12.1 Å². The highest BCUT2D eigenvalue weighted by Crippen LogP contribution is 2.18. The fourth-order valence-corrected chi connectivity index (χ4v) is 10.4. The highest BCUT2D eigenvalue weighted by atomic mass is 16.5. The molecule has 0 aliphatic carbocycles. The van der Waals surface area contributed by atoms with Crippen molar-refractivity contribution < 1.29 is 24.5 Å². The maximum atomic E-state index is 12.5. The van der Waals surface area contributed by atoms with E-state index in [0.717, 1.165) is 57.8 Å². The molecular formula is C70H131NO5. The Labute approximate surface area is 474 Å². The zero-order valence-corrected chi connectivity index (χ0v) is 51.0. The van der Waals surface area contributed by atoms with Crippen LogP contribution in [0.1, 0.15) is 361 Å². The number of hydrogen-bond acceptors (Lipinski definition) is 5. The van der Waals surface area contributed by atoms with E-state index in [-0.39, 0.29) is 18.5 Å². The molecule has 446 valence electrons. The maximum absolute atomic E-state index is 12.5. The first-order chi connectivity index (χ1) is 37.5. The highest BCUT2D eigenvalue weighted by molar-refractivity contribution is 5.76. The molecule has 76 heavy (non-hydrogen) atoms. The minimum Gasteiger partial charge on any atom is -0.466 e. The maximum Gasteiger partial charge on any atom is 0.305 e. The van der Waals surface area contributed by atoms with E-state index in [4.69, 9.17) is 4.74 Å². The van der Waals surface area contributed by atoms with Gasteiger partial charge in [-0.2, -0.15) is 0 Å². The molecule has 1 amide bonds. The molecule has 0 saturated carbocycles. The summed E-state index contributed by atoms with van der Waals surface area (Å²) < 4.78 is 5.48. The van der Waals surface area contributed by atoms with E-state index in [1.54, 1.807) is 6.08 Å². The molecule has 0 heterocycles. The molecule has 0 aliphatic rings. The van der Waals surface area contributed by atoms with Crippen LogP contribution in [0.3, 0.4) is 0 Å². The molecule has 0 aromatic heterocycles. The van der Waals surface area contributed by atoms with Gasteiger partial charge in [-0.15, -0.1) is 0 Å². The number of ether oxygens (including phenoxy) is 1. The number of nitrogens with one attached hydrogen (secondary N) is 1. The van der Waals surface area contributed by atoms with Gasteiger partial charge in [-0.1, -0.05) is 306 Å². The molecule has 0 aromatic rings. The number of carbonyl (C=O) groups excluding carboxylic acids is 2. The Balaban J connectivity index is 3.45. The predicted molar refractivity (Wildman–Crippen MR) is 333 cm³/mol. The number of unbranched alkanes of at least 4 members (excludes halogenated alkanes) is 46. The number of hydrogen-bond donors (Lipinski definition) is 3. The normalized spacial score (nSPS) is 12.8. The molecule has 0 spiro atoms. The Morgan fingerprint density at radius 1 is 0.368 bits per heavy atom. The third kappa shape index (κ3) is 61.0. The van der Waals surface area contributed by atoms with Crippen molar-refractivity contribution in [2.24, 2.45) is 0 Å². The molecule has 0 saturated heterocycles. The van der Waals surface area contributed by atoms with Crippen molar-refractivity contribution in [3.8, 4) is 0 Å². The standard InChI is InChI=1S/C70H131NO5/c1-3-5-7-9-11-13-15-17-19-20-21-25-28-31-35-38-42-46-50-54-58-62-68(73)67(66-72)71-69(74)63-59-55-51-47-43-39-36-32-29-26-23-22-24-27-30-33-37-41-45-49-53-57-61-65-76-70(75)64-60-56-52-48-44-40-34-18-16-14-12-10-8-6-4-2/h12,14,18,26,29,34,58,62,67-68,72-73H,3-11,13,15-17,19-25,27-28,30-33,35-57,59-61,63-66H2,1-2H3,(H,71,74)/b14-12-,29-26-,34-18-,62-58+. The zero-order chi connectivity index (χ0) is 55.0. The van der Waals surface area contributed by atoms with E-state index in [1.165, 1.54) is 276 Å². The van der Waals surface area contributed by atoms with Gasteiger partial charge in [-0.05, 0) is 89.9 Å². The number of rotatable bonds is 63. The number of amides is 1. The minimum atomic E-state index is -0.850. The van der Waals surface area contributed by atoms with Crippen LogP contribution in [0, 0.1) is 0 Å². The van der Waals surface area contributed by atoms with E-state index >= 15 is 0 Å². The Kier molecular flexibility index (Phi) is 63.5. The summed E-state index contributed by atoms with van der Waals surface area (Å²) in [5.41, 5.74) is 0. The molecule has 0 radical (unpaired) electrons. The summed E-state index contributed by atoms with van der Waals surface area (Å²) in [7, 11) is 0. The van der Waals surface area contributed by atoms with Crippen molar-refractivity contribution in [3.63, 3.8) is 0 Å². The summed E-state index contributed by atoms with van der Waals surface area (Å²) in [6.45, 7) is 4.89. The summed E-state index contributed by atoms with van der Waals surface area (Å²) in [6.07, 6.45) is 84.5. The zero-order valence-electron chi connectivity index (χ0n) is 51.0. The Morgan fingerprint density at radius 3 is 1.04 bits per heavy atom. The van der Waals surface area contributed by atoms with Crippen LogP contribution in [0.2, 0.25) is 0 Å². The third-order valence-corrected chi connectivity index (χ3v) is 15.6. The van der Waals surface area contributed by atoms with Crippen molar-refractivity contribution in [2.45, 2.75) is 373 Å². The largest absolute Gasteiger partial charge is 0.466 e. The topological polar surface area (TPSA) is 95.9 Å². The van der Waals surface area contributed by atoms with Gasteiger partial charge in [-0.25, -0.2) is 0 Å². The van der Waals surface area contributed by atoms with Crippen LogP contribution >= 0.6 is 0 Å². The monoisotopic (exact) mass is 1070 g/mol. The van der Waals surface area contributed by atoms with Crippen molar-refractivity contribution in [1.82, 2.24) is 5.32 Å². The van der Waals surface area contributed by atoms with Crippen molar-refractivity contribution in [3.05, 3.63) is 48.6 Å². The van der Waals surface area contributed by atoms with E-state index in [2.05, 4.69) is 55.6 Å². The lowest BCUT2D eigenvalue weighted by Gasteiger charge is -2.20. The third-order valence-electron chi connectivity index (χ3n) is 15.6. The van der Waals surface area contributed by atoms with Gasteiger partial charge in [0.15, 0.2) is 0 Å². The average Bonchev–Trinajstić information content (AvgIpc) is 3.42. The SMILES string of the molecule is CCCCC/C=C\C/C=C\CCCCCCCC(=O)OCCCCCCCCCCCCCC/C=C\CCCCCCCCCC(=O)NC(CO)C(O)/C=C/CCCCCCCCCCCCCCCCCCCCC. The number of allylic oxidation sites excluding steroid dienone is 7. The molecule has 6 nitrogen and oxygen atoms in total. The van der Waals surface area contributed by atoms with Crippen LogP contribution in [0.15, 0.2) is 48.6 Å². The van der Waals surface area contributed by atoms with Crippen LogP contribution in [0.4, 0.5) is 0 Å². The van der Waals surface area contributed by atoms with Crippen LogP contribution < -0.4 is 5.32 Å². The summed E-state index contributed by atoms with van der Waals surface area (Å²) >= 11 is 0. The lowest BCUT2D eigenvalue weighted by molar-refractivity contribution is -0.143. The molecule has 2 unspecified atom stereocenters. The quantitative estimate of drug-likeness (QED) is 0.0320. The number of esters is 1. The predicted octanol–water partition coefficient (Wildman–Crippen LogP) is 21.7. The van der Waals surface area contributed by atoms with Gasteiger partial charge in [0.1, 0.15) is 0 Å². The molecule has 3 N–H and O–H groups in total. The van der Waals surface area contributed by atoms with E-state index in [9.17, 15) is 19.8 Å². The fourth-order valence-electron chi connectivity index (χ4n) is 10.4. The Bertz CT molecular complexity index is 1270. The summed E-state index contributed by atoms with van der Waals surface area (Å²) in [5.74, 6) is -0.0748. The second-order valence-corrected chi connectivity index (χ2v) is 23.1. The van der Waals surface area contributed by atoms with E-state index in [1.807, 2.05) is 6.08 Å². The number of aliphatic hydroxyl groups is 2. The lowest BCUT2D eigenvalue weighted by atomic mass is 10.0. The average molecular weight is 1070 g/mol. The molecule has 0 aromatic carbocycles. The Hall–Kier alpha value is -2.18. The molecule has 0 bridgehead atoms. The smallest absolute Gasteiger partial charge is 0.305 e. The van der Waals surface area contributed by atoms with Crippen LogP contribution in [0.5, 0.6) is 0 Å². The highest BCUT2D eigenvalue weighted by Gasteiger charge is 2.18. The van der Waals surface area contributed by atoms with Gasteiger partial charge in [0.05, 0.1) is 25.4 Å². The van der Waals surface area contributed by atoms with Crippen molar-refractivity contribution in [2.75, 3.05) is 13.2 Å². The molecule has 6 heteroatoms. The van der Waals surface area contributed by atoms with Gasteiger partial charge < -0.3 is 20.3 Å². The number of carbonyl (C=O) groups is 2. The summed E-state index contributed by atoms with van der Waals surface area (Å²) in [6, 6.07) is -0.634. The van der Waals surface area contributed by atoms with Gasteiger partial charge in [0, 0.05) is 12.8 Å². The molecule has 0 fully saturated rings. The summed E-state index contributed by atoms with van der Waals surface area (Å²) in [4.78, 5) is 24.6. The fraction of sp³-hybridized carbons (Fsp3) is 0.857. The first-order valence-corrected chi connectivity index (χ1v) is 33.9. The van der Waals surface area contributed by atoms with Crippen LogP contribution in [-0.4, -0.2) is 47.4 Å². The molecule has 0 rings (SSSR count).